The predicted molar refractivity (Wildman–Crippen MR) is 92.0 cm³/mol. The number of hydrogen-bond acceptors (Lipinski definition) is 4. The second-order valence-electron chi connectivity index (χ2n) is 5.88. The van der Waals surface area contributed by atoms with E-state index in [9.17, 15) is 14.7 Å². The van der Waals surface area contributed by atoms with Crippen molar-refractivity contribution in [3.05, 3.63) is 59.2 Å². The number of carbonyl (C=O) groups excluding carboxylic acids is 1. The Hall–Kier alpha value is -3.02. The summed E-state index contributed by atoms with van der Waals surface area (Å²) in [7, 11) is 1.52. The van der Waals surface area contributed by atoms with Crippen molar-refractivity contribution in [3.63, 3.8) is 0 Å². The topological polar surface area (TPSA) is 76.1 Å². The largest absolute Gasteiger partial charge is 0.496 e. The molecule has 0 saturated heterocycles. The van der Waals surface area contributed by atoms with Crippen molar-refractivity contribution >= 4 is 17.7 Å². The number of carboxylic acid groups (broad SMARTS) is 1. The molecule has 1 heterocycles. The minimum atomic E-state index is -1.07. The van der Waals surface area contributed by atoms with Gasteiger partial charge in [0.1, 0.15) is 18.4 Å². The van der Waals surface area contributed by atoms with E-state index in [0.717, 1.165) is 11.1 Å². The van der Waals surface area contributed by atoms with Crippen LogP contribution in [0, 0.1) is 6.92 Å². The predicted octanol–water partition coefficient (Wildman–Crippen LogP) is 3.16. The maximum absolute atomic E-state index is 12.6. The average molecular weight is 341 g/mol. The molecule has 1 N–H and O–H groups in total. The van der Waals surface area contributed by atoms with Gasteiger partial charge in [-0.25, -0.2) is 9.59 Å². The standard InChI is InChI=1S/C19H19NO5/c1-12-8-9-16(24-2)14-10-15(18(21)22)20(17(12)14)19(23)25-11-13-6-4-3-5-7-13/h3-9,15H,10-11H2,1-2H3,(H,21,22). The molecule has 6 nitrogen and oxygen atoms in total. The van der Waals surface area contributed by atoms with Crippen LogP contribution in [0.3, 0.4) is 0 Å². The van der Waals surface area contributed by atoms with Gasteiger partial charge in [0.05, 0.1) is 12.8 Å². The van der Waals surface area contributed by atoms with Gasteiger partial charge in [0.2, 0.25) is 0 Å². The molecule has 3 rings (SSSR count). The van der Waals surface area contributed by atoms with E-state index in [1.54, 1.807) is 12.1 Å². The van der Waals surface area contributed by atoms with Crippen LogP contribution in [0.5, 0.6) is 5.75 Å². The molecule has 6 heteroatoms. The molecule has 25 heavy (non-hydrogen) atoms. The first-order valence-electron chi connectivity index (χ1n) is 7.92. The highest BCUT2D eigenvalue weighted by Gasteiger charge is 2.42. The Kier molecular flexibility index (Phi) is 4.61. The Balaban J connectivity index is 1.90. The molecule has 1 aliphatic heterocycles. The quantitative estimate of drug-likeness (QED) is 0.924. The second-order valence-corrected chi connectivity index (χ2v) is 5.88. The van der Waals surface area contributed by atoms with Crippen molar-refractivity contribution in [2.75, 3.05) is 12.0 Å². The van der Waals surface area contributed by atoms with Crippen molar-refractivity contribution < 1.29 is 24.2 Å². The van der Waals surface area contributed by atoms with E-state index < -0.39 is 18.1 Å². The Labute approximate surface area is 145 Å². The van der Waals surface area contributed by atoms with Crippen LogP contribution in [0.25, 0.3) is 0 Å². The molecule has 0 saturated carbocycles. The Morgan fingerprint density at radius 2 is 1.92 bits per heavy atom. The van der Waals surface area contributed by atoms with E-state index in [4.69, 9.17) is 9.47 Å². The van der Waals surface area contributed by atoms with Gasteiger partial charge < -0.3 is 14.6 Å². The van der Waals surface area contributed by atoms with Gasteiger partial charge >= 0.3 is 12.1 Å². The molecule has 2 aromatic rings. The fourth-order valence-electron chi connectivity index (χ4n) is 3.10. The van der Waals surface area contributed by atoms with Gasteiger partial charge in [-0.1, -0.05) is 36.4 Å². The minimum absolute atomic E-state index is 0.0842. The SMILES string of the molecule is COc1ccc(C)c2c1CC(C(=O)O)N2C(=O)OCc1ccccc1. The Morgan fingerprint density at radius 3 is 2.56 bits per heavy atom. The highest BCUT2D eigenvalue weighted by molar-refractivity contribution is 6.00. The van der Waals surface area contributed by atoms with Gasteiger partial charge in [-0.15, -0.1) is 0 Å². The number of methoxy groups -OCH3 is 1. The van der Waals surface area contributed by atoms with Crippen molar-refractivity contribution in [1.29, 1.82) is 0 Å². The number of fused-ring (bicyclic) bond motifs is 1. The molecule has 0 fully saturated rings. The van der Waals surface area contributed by atoms with Gasteiger partial charge in [-0.2, -0.15) is 0 Å². The van der Waals surface area contributed by atoms with Crippen molar-refractivity contribution in [3.8, 4) is 5.75 Å². The number of hydrogen-bond donors (Lipinski definition) is 1. The number of aryl methyl sites for hydroxylation is 1. The van der Waals surface area contributed by atoms with Gasteiger partial charge in [0, 0.05) is 12.0 Å². The van der Waals surface area contributed by atoms with Crippen molar-refractivity contribution in [2.24, 2.45) is 0 Å². The van der Waals surface area contributed by atoms with Gasteiger partial charge in [0.25, 0.3) is 0 Å². The summed E-state index contributed by atoms with van der Waals surface area (Å²) in [5.41, 5.74) is 2.91. The van der Waals surface area contributed by atoms with Gasteiger partial charge in [-0.05, 0) is 24.1 Å². The van der Waals surface area contributed by atoms with Crippen LogP contribution in [-0.4, -0.2) is 30.3 Å². The molecule has 1 unspecified atom stereocenters. The number of nitrogens with zero attached hydrogens (tertiary/aromatic N) is 1. The first-order valence-corrected chi connectivity index (χ1v) is 7.92. The fourth-order valence-corrected chi connectivity index (χ4v) is 3.10. The van der Waals surface area contributed by atoms with Gasteiger partial charge in [0.15, 0.2) is 0 Å². The molecule has 130 valence electrons. The van der Waals surface area contributed by atoms with Crippen LogP contribution in [-0.2, 0) is 22.6 Å². The summed E-state index contributed by atoms with van der Waals surface area (Å²) >= 11 is 0. The monoisotopic (exact) mass is 341 g/mol. The van der Waals surface area contributed by atoms with E-state index in [0.29, 0.717) is 17.0 Å². The summed E-state index contributed by atoms with van der Waals surface area (Å²) in [6.07, 6.45) is -0.484. The Bertz CT molecular complexity index is 803. The molecule has 0 aromatic heterocycles. The summed E-state index contributed by atoms with van der Waals surface area (Å²) in [4.78, 5) is 25.5. The number of benzene rings is 2. The fraction of sp³-hybridized carbons (Fsp3) is 0.263. The van der Waals surface area contributed by atoms with E-state index in [1.165, 1.54) is 12.0 Å². The third-order valence-electron chi connectivity index (χ3n) is 4.30. The Morgan fingerprint density at radius 1 is 1.20 bits per heavy atom. The lowest BCUT2D eigenvalue weighted by atomic mass is 10.1. The smallest absolute Gasteiger partial charge is 0.415 e. The lowest BCUT2D eigenvalue weighted by Crippen LogP contribution is -2.43. The number of amides is 1. The van der Waals surface area contributed by atoms with Crippen LogP contribution in [0.15, 0.2) is 42.5 Å². The van der Waals surface area contributed by atoms with Crippen molar-refractivity contribution in [1.82, 2.24) is 0 Å². The normalized spacial score (nSPS) is 15.6. The zero-order valence-electron chi connectivity index (χ0n) is 14.1. The molecule has 0 aliphatic carbocycles. The molecular formula is C19H19NO5. The molecule has 0 radical (unpaired) electrons. The maximum Gasteiger partial charge on any atom is 0.415 e. The lowest BCUT2D eigenvalue weighted by molar-refractivity contribution is -0.138. The van der Waals surface area contributed by atoms with E-state index in [-0.39, 0.29) is 13.0 Å². The highest BCUT2D eigenvalue weighted by atomic mass is 16.6. The number of rotatable bonds is 4. The first-order chi connectivity index (χ1) is 12.0. The molecule has 1 aliphatic rings. The molecule has 1 atom stereocenters. The van der Waals surface area contributed by atoms with Crippen LogP contribution in [0.4, 0.5) is 10.5 Å². The molecule has 0 bridgehead atoms. The highest BCUT2D eigenvalue weighted by Crippen LogP contribution is 2.41. The zero-order valence-corrected chi connectivity index (χ0v) is 14.1. The average Bonchev–Trinajstić information content (AvgIpc) is 3.03. The molecular weight excluding hydrogens is 322 g/mol. The third kappa shape index (κ3) is 3.15. The summed E-state index contributed by atoms with van der Waals surface area (Å²) < 4.78 is 10.7. The summed E-state index contributed by atoms with van der Waals surface area (Å²) in [5.74, 6) is -0.500. The second kappa shape index (κ2) is 6.84. The number of carboxylic acids is 1. The minimum Gasteiger partial charge on any atom is -0.496 e. The van der Waals surface area contributed by atoms with Crippen LogP contribution in [0.1, 0.15) is 16.7 Å². The summed E-state index contributed by atoms with van der Waals surface area (Å²) in [6.45, 7) is 1.92. The molecule has 2 aromatic carbocycles. The molecule has 1 amide bonds. The summed E-state index contributed by atoms with van der Waals surface area (Å²) in [6, 6.07) is 11.8. The number of anilines is 1. The summed E-state index contributed by atoms with van der Waals surface area (Å²) in [5, 5.41) is 9.55. The van der Waals surface area contributed by atoms with E-state index in [2.05, 4.69) is 0 Å². The van der Waals surface area contributed by atoms with E-state index in [1.807, 2.05) is 37.3 Å². The first kappa shape index (κ1) is 16.8. The van der Waals surface area contributed by atoms with Crippen LogP contribution < -0.4 is 9.64 Å². The molecule has 0 spiro atoms. The number of ether oxygens (including phenoxy) is 2. The maximum atomic E-state index is 12.6. The van der Waals surface area contributed by atoms with Crippen LogP contribution >= 0.6 is 0 Å². The van der Waals surface area contributed by atoms with Gasteiger partial charge in [-0.3, -0.25) is 4.90 Å². The number of aliphatic carboxylic acids is 1. The van der Waals surface area contributed by atoms with E-state index >= 15 is 0 Å². The van der Waals surface area contributed by atoms with Crippen LogP contribution in [0.2, 0.25) is 0 Å². The number of carbonyl (C=O) groups is 2. The lowest BCUT2D eigenvalue weighted by Gasteiger charge is -2.23. The van der Waals surface area contributed by atoms with Crippen molar-refractivity contribution in [2.45, 2.75) is 26.0 Å². The zero-order chi connectivity index (χ0) is 18.0. The third-order valence-corrected chi connectivity index (χ3v) is 4.30.